The van der Waals surface area contributed by atoms with Gasteiger partial charge < -0.3 is 4.90 Å². The second kappa shape index (κ2) is 8.58. The maximum absolute atomic E-state index is 13.0. The number of non-ortho nitro benzene ring substituents is 1. The number of hydrogen-bond acceptors (Lipinski definition) is 4. The van der Waals surface area contributed by atoms with Gasteiger partial charge in [-0.25, -0.2) is 0 Å². The van der Waals surface area contributed by atoms with Crippen LogP contribution in [0.4, 0.5) is 11.4 Å². The van der Waals surface area contributed by atoms with E-state index in [4.69, 9.17) is 0 Å². The first-order valence-electron chi connectivity index (χ1n) is 8.94. The molecular formula is C20H23N3O3. The number of anilines is 1. The molecule has 6 heteroatoms. The van der Waals surface area contributed by atoms with Crippen molar-refractivity contribution in [3.8, 4) is 0 Å². The molecule has 0 aromatic heterocycles. The lowest BCUT2D eigenvalue weighted by Crippen LogP contribution is -2.42. The first-order chi connectivity index (χ1) is 12.6. The number of hydrogen-bond donors (Lipinski definition) is 0. The van der Waals surface area contributed by atoms with E-state index in [1.165, 1.54) is 18.6 Å². The number of rotatable bonds is 6. The molecule has 0 saturated carbocycles. The Morgan fingerprint density at radius 3 is 2.27 bits per heavy atom. The van der Waals surface area contributed by atoms with Gasteiger partial charge in [0.2, 0.25) is 5.91 Å². The van der Waals surface area contributed by atoms with Gasteiger partial charge in [0.05, 0.1) is 18.0 Å². The molecule has 6 nitrogen and oxygen atoms in total. The fourth-order valence-corrected chi connectivity index (χ4v) is 3.24. The molecule has 0 bridgehead atoms. The van der Waals surface area contributed by atoms with Gasteiger partial charge in [0, 0.05) is 17.8 Å². The molecule has 1 amide bonds. The Morgan fingerprint density at radius 1 is 1.00 bits per heavy atom. The van der Waals surface area contributed by atoms with Crippen molar-refractivity contribution in [3.05, 3.63) is 70.3 Å². The molecule has 1 heterocycles. The van der Waals surface area contributed by atoms with E-state index in [1.54, 1.807) is 17.0 Å². The number of nitrogens with zero attached hydrogens (tertiary/aromatic N) is 3. The highest BCUT2D eigenvalue weighted by Crippen LogP contribution is 2.22. The zero-order valence-electron chi connectivity index (χ0n) is 14.7. The molecule has 1 fully saturated rings. The minimum Gasteiger partial charge on any atom is -0.307 e. The largest absolute Gasteiger partial charge is 0.307 e. The summed E-state index contributed by atoms with van der Waals surface area (Å²) in [4.78, 5) is 27.3. The first-order valence-corrected chi connectivity index (χ1v) is 8.94. The van der Waals surface area contributed by atoms with Crippen molar-refractivity contribution in [2.45, 2.75) is 25.8 Å². The van der Waals surface area contributed by atoms with Crippen LogP contribution in [-0.4, -0.2) is 35.4 Å². The van der Waals surface area contributed by atoms with Gasteiger partial charge in [-0.3, -0.25) is 19.8 Å². The number of likely N-dealkylation sites (tertiary alicyclic amines) is 1. The topological polar surface area (TPSA) is 66.7 Å². The summed E-state index contributed by atoms with van der Waals surface area (Å²) >= 11 is 0. The quantitative estimate of drug-likeness (QED) is 0.588. The van der Waals surface area contributed by atoms with Crippen LogP contribution in [0.1, 0.15) is 24.8 Å². The van der Waals surface area contributed by atoms with Crippen LogP contribution in [0.3, 0.4) is 0 Å². The molecule has 2 aromatic carbocycles. The second-order valence-electron chi connectivity index (χ2n) is 6.58. The van der Waals surface area contributed by atoms with E-state index in [-0.39, 0.29) is 11.6 Å². The Kier molecular flexibility index (Phi) is 5.96. The third kappa shape index (κ3) is 4.67. The van der Waals surface area contributed by atoms with Crippen molar-refractivity contribution < 1.29 is 9.72 Å². The van der Waals surface area contributed by atoms with Gasteiger partial charge >= 0.3 is 0 Å². The maximum Gasteiger partial charge on any atom is 0.269 e. The molecular weight excluding hydrogens is 330 g/mol. The molecule has 1 saturated heterocycles. The Morgan fingerprint density at radius 2 is 1.65 bits per heavy atom. The van der Waals surface area contributed by atoms with Crippen LogP contribution in [0, 0.1) is 10.1 Å². The number of nitro groups is 1. The molecule has 0 spiro atoms. The second-order valence-corrected chi connectivity index (χ2v) is 6.58. The van der Waals surface area contributed by atoms with Gasteiger partial charge in [0.25, 0.3) is 5.69 Å². The predicted molar refractivity (Wildman–Crippen MR) is 101 cm³/mol. The summed E-state index contributed by atoms with van der Waals surface area (Å²) in [5.41, 5.74) is 1.73. The van der Waals surface area contributed by atoms with E-state index in [9.17, 15) is 14.9 Å². The van der Waals surface area contributed by atoms with Crippen molar-refractivity contribution in [2.24, 2.45) is 0 Å². The molecule has 1 aliphatic heterocycles. The zero-order chi connectivity index (χ0) is 18.4. The molecule has 136 valence electrons. The molecule has 0 N–H and O–H groups in total. The summed E-state index contributed by atoms with van der Waals surface area (Å²) in [6, 6.07) is 16.0. The minimum atomic E-state index is -0.430. The van der Waals surface area contributed by atoms with Gasteiger partial charge in [-0.2, -0.15) is 0 Å². The van der Waals surface area contributed by atoms with Crippen LogP contribution in [0.25, 0.3) is 0 Å². The average molecular weight is 353 g/mol. The highest BCUT2D eigenvalue weighted by Gasteiger charge is 2.21. The summed E-state index contributed by atoms with van der Waals surface area (Å²) in [7, 11) is 0. The average Bonchev–Trinajstić information content (AvgIpc) is 2.68. The predicted octanol–water partition coefficient (Wildman–Crippen LogP) is 3.61. The fourth-order valence-electron chi connectivity index (χ4n) is 3.24. The number of nitro benzene ring substituents is 1. The third-order valence-corrected chi connectivity index (χ3v) is 4.66. The third-order valence-electron chi connectivity index (χ3n) is 4.66. The van der Waals surface area contributed by atoms with Gasteiger partial charge in [0.15, 0.2) is 0 Å². The van der Waals surface area contributed by atoms with E-state index in [0.29, 0.717) is 18.8 Å². The number of carbonyl (C=O) groups is 1. The van der Waals surface area contributed by atoms with Crippen molar-refractivity contribution in [2.75, 3.05) is 24.5 Å². The normalized spacial score (nSPS) is 14.8. The van der Waals surface area contributed by atoms with Gasteiger partial charge in [-0.15, -0.1) is 0 Å². The minimum absolute atomic E-state index is 0.0182. The molecule has 2 aromatic rings. The van der Waals surface area contributed by atoms with Crippen molar-refractivity contribution >= 4 is 17.3 Å². The zero-order valence-corrected chi connectivity index (χ0v) is 14.7. The molecule has 0 radical (unpaired) electrons. The van der Waals surface area contributed by atoms with E-state index < -0.39 is 4.92 Å². The molecule has 1 aliphatic rings. The molecule has 0 atom stereocenters. The van der Waals surface area contributed by atoms with Crippen LogP contribution >= 0.6 is 0 Å². The summed E-state index contributed by atoms with van der Waals surface area (Å²) in [6.07, 6.45) is 3.48. The number of piperidine rings is 1. The van der Waals surface area contributed by atoms with Crippen LogP contribution in [0.2, 0.25) is 0 Å². The smallest absolute Gasteiger partial charge is 0.269 e. The molecule has 26 heavy (non-hydrogen) atoms. The molecule has 0 aliphatic carbocycles. The monoisotopic (exact) mass is 353 g/mol. The van der Waals surface area contributed by atoms with E-state index >= 15 is 0 Å². The lowest BCUT2D eigenvalue weighted by molar-refractivity contribution is -0.384. The highest BCUT2D eigenvalue weighted by atomic mass is 16.6. The van der Waals surface area contributed by atoms with Crippen LogP contribution in [0.5, 0.6) is 0 Å². The van der Waals surface area contributed by atoms with E-state index in [1.807, 2.05) is 30.3 Å². The molecule has 3 rings (SSSR count). The van der Waals surface area contributed by atoms with Crippen molar-refractivity contribution in [3.63, 3.8) is 0 Å². The lowest BCUT2D eigenvalue weighted by atomic mass is 10.1. The van der Waals surface area contributed by atoms with Gasteiger partial charge in [-0.1, -0.05) is 36.8 Å². The summed E-state index contributed by atoms with van der Waals surface area (Å²) < 4.78 is 0. The number of amides is 1. The Bertz CT molecular complexity index is 741. The Balaban J connectivity index is 1.80. The van der Waals surface area contributed by atoms with Gasteiger partial charge in [-0.05, 0) is 43.6 Å². The first kappa shape index (κ1) is 18.1. The SMILES string of the molecule is O=C(CN1CCCCC1)N(Cc1ccccc1)c1ccc([N+](=O)[O-])cc1. The standard InChI is InChI=1S/C20H23N3O3/c24-20(16-21-13-5-2-6-14-21)22(15-17-7-3-1-4-8-17)18-9-11-19(12-10-18)23(25)26/h1,3-4,7-12H,2,5-6,13-16H2. The van der Waals surface area contributed by atoms with Crippen LogP contribution in [-0.2, 0) is 11.3 Å². The van der Waals surface area contributed by atoms with Crippen LogP contribution < -0.4 is 4.90 Å². The summed E-state index contributed by atoms with van der Waals surface area (Å²) in [6.45, 7) is 2.73. The Labute approximate surface area is 153 Å². The maximum atomic E-state index is 13.0. The highest BCUT2D eigenvalue weighted by molar-refractivity contribution is 5.94. The van der Waals surface area contributed by atoms with Crippen molar-refractivity contribution in [1.82, 2.24) is 4.90 Å². The van der Waals surface area contributed by atoms with Crippen molar-refractivity contribution in [1.29, 1.82) is 0 Å². The number of carbonyl (C=O) groups excluding carboxylic acids is 1. The van der Waals surface area contributed by atoms with Crippen LogP contribution in [0.15, 0.2) is 54.6 Å². The molecule has 0 unspecified atom stereocenters. The van der Waals surface area contributed by atoms with E-state index in [2.05, 4.69) is 4.90 Å². The Hall–Kier alpha value is -2.73. The fraction of sp³-hybridized carbons (Fsp3) is 0.350. The lowest BCUT2D eigenvalue weighted by Gasteiger charge is -2.29. The van der Waals surface area contributed by atoms with Gasteiger partial charge in [0.1, 0.15) is 0 Å². The summed E-state index contributed by atoms with van der Waals surface area (Å²) in [5, 5.41) is 10.9. The number of benzene rings is 2. The summed E-state index contributed by atoms with van der Waals surface area (Å²) in [5.74, 6) is 0.0182. The van der Waals surface area contributed by atoms with E-state index in [0.717, 1.165) is 31.5 Å².